The van der Waals surface area contributed by atoms with Crippen LogP contribution in [-0.4, -0.2) is 48.5 Å². The minimum absolute atomic E-state index is 0.0290. The molecule has 1 heterocycles. The van der Waals surface area contributed by atoms with E-state index in [1.54, 1.807) is 24.3 Å². The summed E-state index contributed by atoms with van der Waals surface area (Å²) in [5.74, 6) is -0.120. The second kappa shape index (κ2) is 8.56. The zero-order valence-corrected chi connectivity index (χ0v) is 15.9. The van der Waals surface area contributed by atoms with Crippen LogP contribution in [0, 0.1) is 10.1 Å². The molecule has 3 rings (SSSR count). The van der Waals surface area contributed by atoms with E-state index in [1.807, 2.05) is 11.0 Å². The van der Waals surface area contributed by atoms with Gasteiger partial charge in [0.05, 0.1) is 32.9 Å². The molecule has 0 radical (unpaired) electrons. The molecular weight excluding hydrogens is 391 g/mol. The molecule has 0 aliphatic carbocycles. The minimum atomic E-state index is -0.467. The third-order valence-corrected chi connectivity index (χ3v) is 5.00. The Morgan fingerprint density at radius 3 is 2.41 bits per heavy atom. The predicted molar refractivity (Wildman–Crippen MR) is 107 cm³/mol. The molecule has 1 fully saturated rings. The average molecular weight is 409 g/mol. The van der Waals surface area contributed by atoms with Gasteiger partial charge in [0.15, 0.2) is 0 Å². The van der Waals surface area contributed by atoms with E-state index in [1.165, 1.54) is 12.1 Å². The van der Waals surface area contributed by atoms with Crippen LogP contribution in [0.1, 0.15) is 0 Å². The lowest BCUT2D eigenvalue weighted by molar-refractivity contribution is -0.384. The summed E-state index contributed by atoms with van der Waals surface area (Å²) < 4.78 is 0. The number of carbonyl (C=O) groups excluding carboxylic acids is 1. The molecule has 7 nitrogen and oxygen atoms in total. The molecule has 0 bridgehead atoms. The van der Waals surface area contributed by atoms with Crippen molar-refractivity contribution < 1.29 is 9.72 Å². The van der Waals surface area contributed by atoms with Gasteiger partial charge in [-0.15, -0.1) is 0 Å². The summed E-state index contributed by atoms with van der Waals surface area (Å²) in [4.78, 5) is 26.7. The number of para-hydroxylation sites is 1. The Labute approximate surface area is 166 Å². The smallest absolute Gasteiger partial charge is 0.271 e. The zero-order valence-electron chi connectivity index (χ0n) is 14.4. The van der Waals surface area contributed by atoms with Gasteiger partial charge in [0.1, 0.15) is 0 Å². The van der Waals surface area contributed by atoms with Crippen LogP contribution in [0.15, 0.2) is 42.5 Å². The van der Waals surface area contributed by atoms with Gasteiger partial charge < -0.3 is 10.2 Å². The lowest BCUT2D eigenvalue weighted by Crippen LogP contribution is -2.48. The van der Waals surface area contributed by atoms with Crippen LogP contribution in [0.3, 0.4) is 0 Å². The first kappa shape index (κ1) is 19.4. The molecule has 1 amide bonds. The van der Waals surface area contributed by atoms with Crippen LogP contribution < -0.4 is 10.2 Å². The maximum Gasteiger partial charge on any atom is 0.271 e. The maximum absolute atomic E-state index is 12.2. The molecule has 0 aromatic heterocycles. The van der Waals surface area contributed by atoms with Crippen LogP contribution in [0.5, 0.6) is 0 Å². The van der Waals surface area contributed by atoms with Crippen LogP contribution >= 0.6 is 23.2 Å². The highest BCUT2D eigenvalue weighted by Gasteiger charge is 2.22. The van der Waals surface area contributed by atoms with E-state index < -0.39 is 4.92 Å². The van der Waals surface area contributed by atoms with Crippen molar-refractivity contribution in [1.29, 1.82) is 0 Å². The van der Waals surface area contributed by atoms with Crippen molar-refractivity contribution in [1.82, 2.24) is 4.90 Å². The predicted octanol–water partition coefficient (Wildman–Crippen LogP) is 3.66. The molecular formula is C18H18Cl2N4O3. The second-order valence-electron chi connectivity index (χ2n) is 6.18. The summed E-state index contributed by atoms with van der Waals surface area (Å²) in [5.41, 5.74) is 1.33. The largest absolute Gasteiger partial charge is 0.368 e. The first-order valence-corrected chi connectivity index (χ1v) is 9.15. The SMILES string of the molecule is O=C(CN1CCN(c2ccc([N+](=O)[O-])cc2Cl)CC1)Nc1ccccc1Cl. The van der Waals surface area contributed by atoms with E-state index in [2.05, 4.69) is 10.2 Å². The average Bonchev–Trinajstić information content (AvgIpc) is 2.64. The van der Waals surface area contributed by atoms with Gasteiger partial charge in [0, 0.05) is 38.3 Å². The number of nitro groups is 1. The Morgan fingerprint density at radius 1 is 1.07 bits per heavy atom. The van der Waals surface area contributed by atoms with E-state index in [-0.39, 0.29) is 18.1 Å². The van der Waals surface area contributed by atoms with Crippen LogP contribution in [0.4, 0.5) is 17.1 Å². The van der Waals surface area contributed by atoms with Gasteiger partial charge in [-0.3, -0.25) is 19.8 Å². The lowest BCUT2D eigenvalue weighted by Gasteiger charge is -2.36. The Bertz CT molecular complexity index is 854. The number of amides is 1. The molecule has 0 unspecified atom stereocenters. The van der Waals surface area contributed by atoms with Gasteiger partial charge in [-0.25, -0.2) is 0 Å². The van der Waals surface area contributed by atoms with Gasteiger partial charge in [-0.2, -0.15) is 0 Å². The molecule has 1 saturated heterocycles. The quantitative estimate of drug-likeness (QED) is 0.602. The van der Waals surface area contributed by atoms with Gasteiger partial charge in [-0.1, -0.05) is 35.3 Å². The summed E-state index contributed by atoms with van der Waals surface area (Å²) in [6.45, 7) is 2.99. The molecule has 0 atom stereocenters. The molecule has 142 valence electrons. The Hall–Kier alpha value is -2.35. The number of halogens is 2. The van der Waals surface area contributed by atoms with Crippen molar-refractivity contribution in [3.8, 4) is 0 Å². The van der Waals surface area contributed by atoms with Gasteiger partial charge >= 0.3 is 0 Å². The van der Waals surface area contributed by atoms with Crippen molar-refractivity contribution in [2.75, 3.05) is 42.9 Å². The van der Waals surface area contributed by atoms with Gasteiger partial charge in [0.25, 0.3) is 5.69 Å². The first-order chi connectivity index (χ1) is 12.9. The number of nitro benzene ring substituents is 1. The molecule has 1 aliphatic heterocycles. The summed E-state index contributed by atoms with van der Waals surface area (Å²) in [6.07, 6.45) is 0. The number of hydrogen-bond donors (Lipinski definition) is 1. The molecule has 27 heavy (non-hydrogen) atoms. The Balaban J connectivity index is 1.54. The van der Waals surface area contributed by atoms with Crippen molar-refractivity contribution in [2.45, 2.75) is 0 Å². The Kier molecular flexibility index (Phi) is 6.15. The first-order valence-electron chi connectivity index (χ1n) is 8.39. The van der Waals surface area contributed by atoms with Crippen LogP contribution in [-0.2, 0) is 4.79 Å². The topological polar surface area (TPSA) is 78.7 Å². The fraction of sp³-hybridized carbons (Fsp3) is 0.278. The number of hydrogen-bond acceptors (Lipinski definition) is 5. The van der Waals surface area contributed by atoms with E-state index in [9.17, 15) is 14.9 Å². The monoisotopic (exact) mass is 408 g/mol. The third-order valence-electron chi connectivity index (χ3n) is 4.37. The highest BCUT2D eigenvalue weighted by molar-refractivity contribution is 6.34. The van der Waals surface area contributed by atoms with Crippen LogP contribution in [0.25, 0.3) is 0 Å². The second-order valence-corrected chi connectivity index (χ2v) is 7.00. The van der Waals surface area contributed by atoms with E-state index in [0.29, 0.717) is 41.9 Å². The number of nitrogens with zero attached hydrogens (tertiary/aromatic N) is 3. The molecule has 0 spiro atoms. The van der Waals surface area contributed by atoms with Gasteiger partial charge in [0.2, 0.25) is 5.91 Å². The molecule has 0 saturated carbocycles. The maximum atomic E-state index is 12.2. The Morgan fingerprint density at radius 2 is 1.78 bits per heavy atom. The third kappa shape index (κ3) is 4.88. The lowest BCUT2D eigenvalue weighted by atomic mass is 10.2. The number of rotatable bonds is 5. The number of benzene rings is 2. The standard InChI is InChI=1S/C18H18Cl2N4O3/c19-14-3-1-2-4-16(14)21-18(25)12-22-7-9-23(10-8-22)17-6-5-13(24(26)27)11-15(17)20/h1-6,11H,7-10,12H2,(H,21,25). The molecule has 2 aromatic rings. The van der Waals surface area contributed by atoms with E-state index >= 15 is 0 Å². The number of non-ortho nitro benzene ring substituents is 1. The van der Waals surface area contributed by atoms with Crippen molar-refractivity contribution in [3.05, 3.63) is 62.6 Å². The molecule has 2 aromatic carbocycles. The summed E-state index contributed by atoms with van der Waals surface area (Å²) in [6, 6.07) is 11.6. The van der Waals surface area contributed by atoms with Crippen molar-refractivity contribution in [3.63, 3.8) is 0 Å². The number of piperazine rings is 1. The highest BCUT2D eigenvalue weighted by atomic mass is 35.5. The number of nitrogens with one attached hydrogen (secondary N) is 1. The fourth-order valence-electron chi connectivity index (χ4n) is 2.97. The van der Waals surface area contributed by atoms with E-state index in [0.717, 1.165) is 5.69 Å². The molecule has 1 aliphatic rings. The zero-order chi connectivity index (χ0) is 19.4. The van der Waals surface area contributed by atoms with Crippen molar-refractivity contribution >= 4 is 46.2 Å². The number of carbonyl (C=O) groups is 1. The van der Waals surface area contributed by atoms with Gasteiger partial charge in [-0.05, 0) is 18.2 Å². The molecule has 1 N–H and O–H groups in total. The van der Waals surface area contributed by atoms with Crippen LogP contribution in [0.2, 0.25) is 10.0 Å². The molecule has 9 heteroatoms. The fourth-order valence-corrected chi connectivity index (χ4v) is 3.45. The minimum Gasteiger partial charge on any atom is -0.368 e. The normalized spacial score (nSPS) is 14.8. The number of anilines is 2. The highest BCUT2D eigenvalue weighted by Crippen LogP contribution is 2.30. The summed E-state index contributed by atoms with van der Waals surface area (Å²) >= 11 is 12.3. The van der Waals surface area contributed by atoms with E-state index in [4.69, 9.17) is 23.2 Å². The summed E-state index contributed by atoms with van der Waals surface area (Å²) in [5, 5.41) is 14.5. The van der Waals surface area contributed by atoms with Crippen molar-refractivity contribution in [2.24, 2.45) is 0 Å². The summed E-state index contributed by atoms with van der Waals surface area (Å²) in [7, 11) is 0.